The maximum absolute atomic E-state index is 14.6. The zero-order valence-corrected chi connectivity index (χ0v) is 16.8. The number of benzene rings is 2. The summed E-state index contributed by atoms with van der Waals surface area (Å²) in [4.78, 5) is 26.1. The van der Waals surface area contributed by atoms with Crippen LogP contribution in [0.1, 0.15) is 56.2 Å². The standard InChI is InChI=1S/C23H26FNO4/c1-3-4-12-28-18-10-11-19(20(24)14-18)16(2)13-22(26)25-21(15-29-23(25)27)17-8-6-5-7-9-17/h5-11,14,16,21H,3-4,12-13,15H2,1-2H3/t16-,21+/m1/s1. The molecule has 0 bridgehead atoms. The molecule has 3 rings (SSSR count). The van der Waals surface area contributed by atoms with Gasteiger partial charge in [-0.05, 0) is 29.5 Å². The van der Waals surface area contributed by atoms with Gasteiger partial charge in [0.15, 0.2) is 0 Å². The summed E-state index contributed by atoms with van der Waals surface area (Å²) in [6.07, 6.45) is 1.26. The zero-order chi connectivity index (χ0) is 20.8. The van der Waals surface area contributed by atoms with Crippen molar-refractivity contribution in [2.75, 3.05) is 13.2 Å². The first-order valence-electron chi connectivity index (χ1n) is 9.97. The van der Waals surface area contributed by atoms with Crippen molar-refractivity contribution >= 4 is 12.0 Å². The summed E-state index contributed by atoms with van der Waals surface area (Å²) in [6, 6.07) is 13.5. The van der Waals surface area contributed by atoms with Crippen molar-refractivity contribution < 1.29 is 23.5 Å². The van der Waals surface area contributed by atoms with Crippen molar-refractivity contribution in [3.8, 4) is 5.75 Å². The number of cyclic esters (lactones) is 1. The lowest BCUT2D eigenvalue weighted by molar-refractivity contribution is -0.129. The number of nitrogens with zero attached hydrogens (tertiary/aromatic N) is 1. The van der Waals surface area contributed by atoms with E-state index in [1.54, 1.807) is 19.1 Å². The summed E-state index contributed by atoms with van der Waals surface area (Å²) >= 11 is 0. The van der Waals surface area contributed by atoms with E-state index in [0.717, 1.165) is 23.3 Å². The van der Waals surface area contributed by atoms with Gasteiger partial charge < -0.3 is 9.47 Å². The molecule has 2 atom stereocenters. The lowest BCUT2D eigenvalue weighted by atomic mass is 9.96. The molecule has 5 nitrogen and oxygen atoms in total. The second-order valence-corrected chi connectivity index (χ2v) is 7.26. The molecule has 2 amide bonds. The molecule has 0 aromatic heterocycles. The van der Waals surface area contributed by atoms with Crippen LogP contribution in [0.4, 0.5) is 9.18 Å². The van der Waals surface area contributed by atoms with Crippen molar-refractivity contribution in [2.24, 2.45) is 0 Å². The summed E-state index contributed by atoms with van der Waals surface area (Å²) in [7, 11) is 0. The van der Waals surface area contributed by atoms with E-state index in [1.165, 1.54) is 6.07 Å². The molecular formula is C23H26FNO4. The van der Waals surface area contributed by atoms with Gasteiger partial charge in [0.25, 0.3) is 0 Å². The number of carbonyl (C=O) groups is 2. The fourth-order valence-electron chi connectivity index (χ4n) is 3.42. The van der Waals surface area contributed by atoms with Gasteiger partial charge in [0.2, 0.25) is 5.91 Å². The van der Waals surface area contributed by atoms with Gasteiger partial charge in [-0.2, -0.15) is 0 Å². The molecule has 2 aromatic rings. The Labute approximate surface area is 170 Å². The third kappa shape index (κ3) is 4.94. The van der Waals surface area contributed by atoms with Crippen LogP contribution in [0.2, 0.25) is 0 Å². The molecule has 1 heterocycles. The Hall–Kier alpha value is -2.89. The number of carbonyl (C=O) groups excluding carboxylic acids is 2. The van der Waals surface area contributed by atoms with Gasteiger partial charge in [-0.15, -0.1) is 0 Å². The molecule has 0 N–H and O–H groups in total. The van der Waals surface area contributed by atoms with Crippen LogP contribution in [-0.4, -0.2) is 30.1 Å². The topological polar surface area (TPSA) is 55.8 Å². The minimum absolute atomic E-state index is 0.00535. The van der Waals surface area contributed by atoms with E-state index in [-0.39, 0.29) is 18.9 Å². The number of ether oxygens (including phenoxy) is 2. The smallest absolute Gasteiger partial charge is 0.417 e. The quantitative estimate of drug-likeness (QED) is 0.571. The van der Waals surface area contributed by atoms with E-state index in [4.69, 9.17) is 9.47 Å². The van der Waals surface area contributed by atoms with Crippen molar-refractivity contribution in [1.82, 2.24) is 4.90 Å². The van der Waals surface area contributed by atoms with Gasteiger partial charge in [0, 0.05) is 12.5 Å². The van der Waals surface area contributed by atoms with Crippen LogP contribution in [0.5, 0.6) is 5.75 Å². The first kappa shape index (κ1) is 20.8. The fraction of sp³-hybridized carbons (Fsp3) is 0.391. The molecule has 0 unspecified atom stereocenters. The molecule has 154 valence electrons. The van der Waals surface area contributed by atoms with Crippen LogP contribution < -0.4 is 4.74 Å². The number of hydrogen-bond donors (Lipinski definition) is 0. The molecule has 0 aliphatic carbocycles. The molecule has 0 spiro atoms. The van der Waals surface area contributed by atoms with Crippen molar-refractivity contribution in [1.29, 1.82) is 0 Å². The van der Waals surface area contributed by atoms with Gasteiger partial charge in [0.05, 0.1) is 6.61 Å². The Morgan fingerprint density at radius 2 is 2.03 bits per heavy atom. The summed E-state index contributed by atoms with van der Waals surface area (Å²) < 4.78 is 25.2. The molecule has 1 aliphatic rings. The van der Waals surface area contributed by atoms with Gasteiger partial charge in [-0.25, -0.2) is 14.1 Å². The van der Waals surface area contributed by atoms with Crippen LogP contribution in [0, 0.1) is 5.82 Å². The van der Waals surface area contributed by atoms with Gasteiger partial charge >= 0.3 is 6.09 Å². The van der Waals surface area contributed by atoms with Gasteiger partial charge in [-0.3, -0.25) is 4.79 Å². The lowest BCUT2D eigenvalue weighted by Gasteiger charge is -2.22. The highest BCUT2D eigenvalue weighted by Gasteiger charge is 2.39. The predicted molar refractivity (Wildman–Crippen MR) is 107 cm³/mol. The Morgan fingerprint density at radius 3 is 2.72 bits per heavy atom. The third-order valence-electron chi connectivity index (χ3n) is 5.08. The third-order valence-corrected chi connectivity index (χ3v) is 5.08. The van der Waals surface area contributed by atoms with Crippen molar-refractivity contribution in [3.05, 3.63) is 65.5 Å². The Morgan fingerprint density at radius 1 is 1.28 bits per heavy atom. The first-order valence-corrected chi connectivity index (χ1v) is 9.97. The average molecular weight is 399 g/mol. The van der Waals surface area contributed by atoms with E-state index in [2.05, 4.69) is 6.92 Å². The molecule has 1 aliphatic heterocycles. The van der Waals surface area contributed by atoms with E-state index in [0.29, 0.717) is 17.9 Å². The van der Waals surface area contributed by atoms with Crippen LogP contribution in [0.15, 0.2) is 48.5 Å². The normalized spacial score (nSPS) is 17.1. The average Bonchev–Trinajstić information content (AvgIpc) is 3.10. The van der Waals surface area contributed by atoms with E-state index in [1.807, 2.05) is 30.3 Å². The number of halogens is 1. The monoisotopic (exact) mass is 399 g/mol. The zero-order valence-electron chi connectivity index (χ0n) is 16.8. The highest BCUT2D eigenvalue weighted by Crippen LogP contribution is 2.31. The summed E-state index contributed by atoms with van der Waals surface area (Å²) in [6.45, 7) is 4.50. The Bertz CT molecular complexity index is 855. The SMILES string of the molecule is CCCCOc1ccc([C@H](C)CC(=O)N2C(=O)OC[C@H]2c2ccccc2)c(F)c1. The largest absolute Gasteiger partial charge is 0.493 e. The summed E-state index contributed by atoms with van der Waals surface area (Å²) in [5, 5.41) is 0. The number of rotatable bonds is 8. The van der Waals surface area contributed by atoms with Crippen molar-refractivity contribution in [2.45, 2.75) is 45.1 Å². The maximum Gasteiger partial charge on any atom is 0.417 e. The predicted octanol–water partition coefficient (Wildman–Crippen LogP) is 5.22. The second-order valence-electron chi connectivity index (χ2n) is 7.26. The highest BCUT2D eigenvalue weighted by molar-refractivity contribution is 5.94. The van der Waals surface area contributed by atoms with Gasteiger partial charge in [0.1, 0.15) is 24.2 Å². The second kappa shape index (κ2) is 9.54. The number of imide groups is 1. The van der Waals surface area contributed by atoms with E-state index in [9.17, 15) is 14.0 Å². The van der Waals surface area contributed by atoms with E-state index < -0.39 is 23.9 Å². The molecule has 0 radical (unpaired) electrons. The van der Waals surface area contributed by atoms with E-state index >= 15 is 0 Å². The molecular weight excluding hydrogens is 373 g/mol. The van der Waals surface area contributed by atoms with Gasteiger partial charge in [-0.1, -0.05) is 56.7 Å². The minimum Gasteiger partial charge on any atom is -0.493 e. The molecule has 1 saturated heterocycles. The molecule has 0 saturated carbocycles. The minimum atomic E-state index is -0.656. The summed E-state index contributed by atoms with van der Waals surface area (Å²) in [5.41, 5.74) is 1.25. The Kier molecular flexibility index (Phi) is 6.86. The van der Waals surface area contributed by atoms with Crippen LogP contribution in [-0.2, 0) is 9.53 Å². The Balaban J connectivity index is 1.68. The molecule has 1 fully saturated rings. The first-order chi connectivity index (χ1) is 14.0. The fourth-order valence-corrected chi connectivity index (χ4v) is 3.42. The lowest BCUT2D eigenvalue weighted by Crippen LogP contribution is -2.34. The molecule has 6 heteroatoms. The maximum atomic E-state index is 14.6. The molecule has 29 heavy (non-hydrogen) atoms. The number of hydrogen-bond acceptors (Lipinski definition) is 4. The molecule has 2 aromatic carbocycles. The highest BCUT2D eigenvalue weighted by atomic mass is 19.1. The summed E-state index contributed by atoms with van der Waals surface area (Å²) in [5.74, 6) is -0.707. The van der Waals surface area contributed by atoms with Crippen LogP contribution >= 0.6 is 0 Å². The van der Waals surface area contributed by atoms with Crippen LogP contribution in [0.25, 0.3) is 0 Å². The number of amides is 2. The van der Waals surface area contributed by atoms with Crippen LogP contribution in [0.3, 0.4) is 0 Å². The number of unbranched alkanes of at least 4 members (excludes halogenated alkanes) is 1. The van der Waals surface area contributed by atoms with Crippen molar-refractivity contribution in [3.63, 3.8) is 0 Å².